The third-order valence-corrected chi connectivity index (χ3v) is 3.86. The number of piperidine rings is 1. The Morgan fingerprint density at radius 2 is 1.90 bits per heavy atom. The fourth-order valence-electron chi connectivity index (χ4n) is 2.59. The summed E-state index contributed by atoms with van der Waals surface area (Å²) in [6.45, 7) is 0.970. The van der Waals surface area contributed by atoms with Gasteiger partial charge in [0.1, 0.15) is 5.82 Å². The summed E-state index contributed by atoms with van der Waals surface area (Å²) in [6.07, 6.45) is 1.25. The average Bonchev–Trinajstić information content (AvgIpc) is 2.48. The lowest BCUT2D eigenvalue weighted by Gasteiger charge is -2.32. The Balaban J connectivity index is 2.04. The molecular formula is C15H20FN3O2. The first kappa shape index (κ1) is 15.3. The smallest absolute Gasteiger partial charge is 0.256 e. The van der Waals surface area contributed by atoms with Gasteiger partial charge in [-0.3, -0.25) is 9.59 Å². The minimum atomic E-state index is -0.585. The predicted molar refractivity (Wildman–Crippen MR) is 78.1 cm³/mol. The number of halogens is 1. The highest BCUT2D eigenvalue weighted by Gasteiger charge is 2.29. The summed E-state index contributed by atoms with van der Waals surface area (Å²) < 4.78 is 13.4. The monoisotopic (exact) mass is 293 g/mol. The van der Waals surface area contributed by atoms with Gasteiger partial charge in [-0.2, -0.15) is 0 Å². The van der Waals surface area contributed by atoms with Crippen molar-refractivity contribution < 1.29 is 14.0 Å². The zero-order valence-corrected chi connectivity index (χ0v) is 12.3. The standard InChI is InChI=1S/C15H20FN3O2/c1-18(2)14(20)10-6-8-19(9-7-10)15(21)11-4-3-5-12(16)13(11)17/h3-5,10H,6-9,17H2,1-2H3. The lowest BCUT2D eigenvalue weighted by atomic mass is 9.95. The Morgan fingerprint density at radius 3 is 2.48 bits per heavy atom. The zero-order valence-electron chi connectivity index (χ0n) is 12.3. The molecule has 0 aromatic heterocycles. The largest absolute Gasteiger partial charge is 0.396 e. The first-order chi connectivity index (χ1) is 9.91. The minimum absolute atomic E-state index is 0.0473. The molecule has 0 unspecified atom stereocenters. The van der Waals surface area contributed by atoms with Crippen molar-refractivity contribution in [3.05, 3.63) is 29.6 Å². The number of nitrogen functional groups attached to an aromatic ring is 1. The topological polar surface area (TPSA) is 66.6 Å². The number of nitrogens with zero attached hydrogens (tertiary/aromatic N) is 2. The first-order valence-electron chi connectivity index (χ1n) is 6.96. The summed E-state index contributed by atoms with van der Waals surface area (Å²) in [4.78, 5) is 27.5. The fourth-order valence-corrected chi connectivity index (χ4v) is 2.59. The molecule has 21 heavy (non-hydrogen) atoms. The van der Waals surface area contributed by atoms with E-state index in [4.69, 9.17) is 5.73 Å². The number of anilines is 1. The summed E-state index contributed by atoms with van der Waals surface area (Å²) >= 11 is 0. The molecule has 2 amide bonds. The number of rotatable bonds is 2. The van der Waals surface area contributed by atoms with Crippen molar-refractivity contribution in [2.24, 2.45) is 5.92 Å². The van der Waals surface area contributed by atoms with Gasteiger partial charge < -0.3 is 15.5 Å². The van der Waals surface area contributed by atoms with Gasteiger partial charge in [-0.1, -0.05) is 6.07 Å². The maximum absolute atomic E-state index is 13.4. The van der Waals surface area contributed by atoms with E-state index < -0.39 is 5.82 Å². The van der Waals surface area contributed by atoms with Gasteiger partial charge >= 0.3 is 0 Å². The molecule has 1 aromatic carbocycles. The van der Waals surface area contributed by atoms with Crippen molar-refractivity contribution in [3.8, 4) is 0 Å². The third kappa shape index (κ3) is 3.15. The molecule has 1 heterocycles. The quantitative estimate of drug-likeness (QED) is 0.837. The average molecular weight is 293 g/mol. The van der Waals surface area contributed by atoms with Crippen LogP contribution >= 0.6 is 0 Å². The Morgan fingerprint density at radius 1 is 1.29 bits per heavy atom. The molecule has 1 saturated heterocycles. The number of carbonyl (C=O) groups excluding carboxylic acids is 2. The Labute approximate surface area is 123 Å². The maximum atomic E-state index is 13.4. The number of carbonyl (C=O) groups is 2. The third-order valence-electron chi connectivity index (χ3n) is 3.86. The van der Waals surface area contributed by atoms with E-state index in [1.165, 1.54) is 18.2 Å². The summed E-state index contributed by atoms with van der Waals surface area (Å²) in [6, 6.07) is 4.23. The number of para-hydroxylation sites is 1. The van der Waals surface area contributed by atoms with Crippen LogP contribution in [-0.2, 0) is 4.79 Å². The number of likely N-dealkylation sites (tertiary alicyclic amines) is 1. The van der Waals surface area contributed by atoms with Crippen molar-refractivity contribution in [3.63, 3.8) is 0 Å². The van der Waals surface area contributed by atoms with Crippen LogP contribution in [0.15, 0.2) is 18.2 Å². The molecule has 6 heteroatoms. The molecule has 2 rings (SSSR count). The molecule has 0 saturated carbocycles. The predicted octanol–water partition coefficient (Wildman–Crippen LogP) is 1.35. The highest BCUT2D eigenvalue weighted by molar-refractivity contribution is 5.99. The summed E-state index contributed by atoms with van der Waals surface area (Å²) in [5, 5.41) is 0. The van der Waals surface area contributed by atoms with Crippen LogP contribution in [0.4, 0.5) is 10.1 Å². The Kier molecular flexibility index (Phi) is 4.45. The lowest BCUT2D eigenvalue weighted by Crippen LogP contribution is -2.43. The number of hydrogen-bond donors (Lipinski definition) is 1. The molecule has 1 aromatic rings. The molecule has 5 nitrogen and oxygen atoms in total. The molecule has 114 valence electrons. The van der Waals surface area contributed by atoms with E-state index >= 15 is 0 Å². The maximum Gasteiger partial charge on any atom is 0.256 e. The highest BCUT2D eigenvalue weighted by Crippen LogP contribution is 2.23. The molecule has 0 atom stereocenters. The van der Waals surface area contributed by atoms with Crippen molar-refractivity contribution in [1.82, 2.24) is 9.80 Å². The van der Waals surface area contributed by atoms with E-state index in [0.29, 0.717) is 25.9 Å². The first-order valence-corrected chi connectivity index (χ1v) is 6.96. The van der Waals surface area contributed by atoms with E-state index in [2.05, 4.69) is 0 Å². The fraction of sp³-hybridized carbons (Fsp3) is 0.467. The molecule has 2 N–H and O–H groups in total. The van der Waals surface area contributed by atoms with Crippen LogP contribution in [0, 0.1) is 11.7 Å². The van der Waals surface area contributed by atoms with Crippen LogP contribution in [-0.4, -0.2) is 48.8 Å². The second-order valence-electron chi connectivity index (χ2n) is 5.50. The van der Waals surface area contributed by atoms with Gasteiger partial charge in [-0.25, -0.2) is 4.39 Å². The van der Waals surface area contributed by atoms with E-state index in [-0.39, 0.29) is 29.0 Å². The molecule has 1 aliphatic heterocycles. The van der Waals surface area contributed by atoms with E-state index in [9.17, 15) is 14.0 Å². The van der Waals surface area contributed by atoms with Crippen LogP contribution in [0.5, 0.6) is 0 Å². The van der Waals surface area contributed by atoms with Gasteiger partial charge in [-0.05, 0) is 25.0 Å². The van der Waals surface area contributed by atoms with Gasteiger partial charge in [0.05, 0.1) is 11.3 Å². The zero-order chi connectivity index (χ0) is 15.6. The Hall–Kier alpha value is -2.11. The second-order valence-corrected chi connectivity index (χ2v) is 5.50. The van der Waals surface area contributed by atoms with Crippen LogP contribution in [0.2, 0.25) is 0 Å². The van der Waals surface area contributed by atoms with E-state index in [0.717, 1.165) is 0 Å². The van der Waals surface area contributed by atoms with Crippen LogP contribution in [0.25, 0.3) is 0 Å². The van der Waals surface area contributed by atoms with Gasteiger partial charge in [0.2, 0.25) is 5.91 Å². The minimum Gasteiger partial charge on any atom is -0.396 e. The van der Waals surface area contributed by atoms with Crippen LogP contribution in [0.3, 0.4) is 0 Å². The molecule has 1 aliphatic rings. The molecule has 0 spiro atoms. The molecular weight excluding hydrogens is 273 g/mol. The van der Waals surface area contributed by atoms with Crippen LogP contribution < -0.4 is 5.73 Å². The Bertz CT molecular complexity index is 552. The van der Waals surface area contributed by atoms with Gasteiger partial charge in [0.25, 0.3) is 5.91 Å². The number of hydrogen-bond acceptors (Lipinski definition) is 3. The normalized spacial score (nSPS) is 15.9. The number of benzene rings is 1. The van der Waals surface area contributed by atoms with Crippen LogP contribution in [0.1, 0.15) is 23.2 Å². The summed E-state index contributed by atoms with van der Waals surface area (Å²) in [5.74, 6) is -0.817. The molecule has 0 aliphatic carbocycles. The molecule has 1 fully saturated rings. The lowest BCUT2D eigenvalue weighted by molar-refractivity contribution is -0.134. The van der Waals surface area contributed by atoms with Crippen molar-refractivity contribution >= 4 is 17.5 Å². The van der Waals surface area contributed by atoms with E-state index in [1.54, 1.807) is 23.9 Å². The van der Waals surface area contributed by atoms with Crippen molar-refractivity contribution in [2.45, 2.75) is 12.8 Å². The van der Waals surface area contributed by atoms with Crippen molar-refractivity contribution in [2.75, 3.05) is 32.9 Å². The summed E-state index contributed by atoms with van der Waals surface area (Å²) in [7, 11) is 3.46. The van der Waals surface area contributed by atoms with Gasteiger partial charge in [0, 0.05) is 33.1 Å². The molecule has 0 bridgehead atoms. The van der Waals surface area contributed by atoms with Crippen molar-refractivity contribution in [1.29, 1.82) is 0 Å². The van der Waals surface area contributed by atoms with E-state index in [1.807, 2.05) is 0 Å². The summed E-state index contributed by atoms with van der Waals surface area (Å²) in [5.41, 5.74) is 5.69. The molecule has 0 radical (unpaired) electrons. The number of amides is 2. The highest BCUT2D eigenvalue weighted by atomic mass is 19.1. The number of nitrogens with two attached hydrogens (primary N) is 1. The SMILES string of the molecule is CN(C)C(=O)C1CCN(C(=O)c2cccc(F)c2N)CC1. The van der Waals surface area contributed by atoms with Gasteiger partial charge in [-0.15, -0.1) is 0 Å². The second kappa shape index (κ2) is 6.11. The van der Waals surface area contributed by atoms with Gasteiger partial charge in [0.15, 0.2) is 0 Å².